The van der Waals surface area contributed by atoms with Crippen molar-refractivity contribution in [3.63, 3.8) is 0 Å². The van der Waals surface area contributed by atoms with E-state index in [0.717, 1.165) is 16.7 Å². The molecule has 212 valence electrons. The Kier molecular flexibility index (Phi) is 10.2. The number of urea groups is 1. The fourth-order valence-electron chi connectivity index (χ4n) is 4.25. The number of nitrogens with one attached hydrogen (secondary N) is 3. The van der Waals surface area contributed by atoms with E-state index in [1.807, 2.05) is 48.5 Å². The van der Waals surface area contributed by atoms with Crippen LogP contribution in [0.25, 0.3) is 11.1 Å². The third-order valence-electron chi connectivity index (χ3n) is 6.36. The zero-order valence-corrected chi connectivity index (χ0v) is 23.0. The molecule has 4 aromatic rings. The fraction of sp³-hybridized carbons (Fsp3) is 0.167. The Bertz CT molecular complexity index is 1480. The summed E-state index contributed by atoms with van der Waals surface area (Å²) < 4.78 is 21.7. The average molecular weight is 574 g/mol. The summed E-state index contributed by atoms with van der Waals surface area (Å²) in [5, 5.41) is 5.56. The van der Waals surface area contributed by atoms with E-state index in [-0.39, 0.29) is 17.4 Å². The van der Waals surface area contributed by atoms with Crippen LogP contribution in [0.4, 0.5) is 16.2 Å². The molecule has 0 bridgehead atoms. The van der Waals surface area contributed by atoms with E-state index in [9.17, 15) is 13.8 Å². The van der Waals surface area contributed by atoms with E-state index >= 15 is 0 Å². The number of amides is 3. The maximum Gasteiger partial charge on any atom is 0.319 e. The number of morpholine rings is 1. The quantitative estimate of drug-likeness (QED) is 0.293. The third kappa shape index (κ3) is 7.76. The van der Waals surface area contributed by atoms with Gasteiger partial charge in [-0.1, -0.05) is 36.4 Å². The molecule has 11 heteroatoms. The van der Waals surface area contributed by atoms with Gasteiger partial charge in [0.15, 0.2) is 11.0 Å². The monoisotopic (exact) mass is 573 g/mol. The molecule has 1 fully saturated rings. The molecular weight excluding hydrogens is 542 g/mol. The predicted octanol–water partition coefficient (Wildman–Crippen LogP) is 3.85. The van der Waals surface area contributed by atoms with Crippen molar-refractivity contribution >= 4 is 34.3 Å². The summed E-state index contributed by atoms with van der Waals surface area (Å²) >= 11 is 0. The van der Waals surface area contributed by atoms with Gasteiger partial charge >= 0.3 is 6.03 Å². The second kappa shape index (κ2) is 14.2. The first-order chi connectivity index (χ1) is 19.6. The highest BCUT2D eigenvalue weighted by molar-refractivity contribution is 7.86. The van der Waals surface area contributed by atoms with Gasteiger partial charge in [-0.25, -0.2) is 9.00 Å². The summed E-state index contributed by atoms with van der Waals surface area (Å²) in [7, 11) is -1.55. The molecule has 1 aliphatic heterocycles. The van der Waals surface area contributed by atoms with E-state index in [1.165, 1.54) is 0 Å². The Morgan fingerprint density at radius 2 is 1.59 bits per heavy atom. The van der Waals surface area contributed by atoms with Crippen LogP contribution >= 0.6 is 0 Å². The maximum atomic E-state index is 13.3. The summed E-state index contributed by atoms with van der Waals surface area (Å²) in [4.78, 5) is 31.4. The molecule has 1 aromatic heterocycles. The largest absolute Gasteiger partial charge is 0.412 e. The zero-order valence-electron chi connectivity index (χ0n) is 22.2. The van der Waals surface area contributed by atoms with E-state index in [4.69, 9.17) is 4.74 Å². The standard InChI is InChI=1S/C30H29N5O4S.H2O/c36-29(35-16-18-39-19-17-35)24-9-7-23(8-10-24)27-5-1-2-6-28(27)40(38)34-26-13-11-25(12-14-26)33-30(37)32-21-22-4-3-15-31-20-22;/h1-15,20,34H,16-19,21H2,(H2,32,33,37);1H2. The lowest BCUT2D eigenvalue weighted by Gasteiger charge is -2.26. The minimum atomic E-state index is -1.55. The van der Waals surface area contributed by atoms with E-state index in [1.54, 1.807) is 53.7 Å². The normalized spacial score (nSPS) is 13.4. The summed E-state index contributed by atoms with van der Waals surface area (Å²) in [6.07, 6.45) is 3.38. The van der Waals surface area contributed by atoms with Crippen LogP contribution < -0.4 is 15.4 Å². The number of hydrogen-bond acceptors (Lipinski definition) is 5. The number of hydrogen-bond donors (Lipinski definition) is 3. The smallest absolute Gasteiger partial charge is 0.319 e. The first kappa shape index (κ1) is 29.4. The minimum Gasteiger partial charge on any atom is -0.412 e. The molecule has 1 aliphatic rings. The molecule has 2 heterocycles. The van der Waals surface area contributed by atoms with Crippen molar-refractivity contribution in [2.24, 2.45) is 0 Å². The van der Waals surface area contributed by atoms with Crippen LogP contribution in [0.1, 0.15) is 15.9 Å². The minimum absolute atomic E-state index is 0. The molecule has 0 aliphatic carbocycles. The number of carbonyl (C=O) groups excluding carboxylic acids is 2. The number of aromatic nitrogens is 1. The van der Waals surface area contributed by atoms with Gasteiger partial charge in [-0.3, -0.25) is 9.78 Å². The van der Waals surface area contributed by atoms with Crippen LogP contribution in [-0.2, 0) is 22.3 Å². The molecule has 0 saturated carbocycles. The summed E-state index contributed by atoms with van der Waals surface area (Å²) in [5.74, 6) is -0.0164. The Morgan fingerprint density at radius 1 is 0.878 bits per heavy atom. The topological polar surface area (TPSA) is 144 Å². The molecular formula is C30H31N5O5S. The highest BCUT2D eigenvalue weighted by Gasteiger charge is 2.19. The lowest BCUT2D eigenvalue weighted by Crippen LogP contribution is -2.40. The second-order valence-corrected chi connectivity index (χ2v) is 10.3. The number of rotatable bonds is 8. The van der Waals surface area contributed by atoms with Crippen molar-refractivity contribution in [2.75, 3.05) is 36.3 Å². The number of nitrogens with zero attached hydrogens (tertiary/aromatic N) is 2. The van der Waals surface area contributed by atoms with Gasteiger partial charge in [-0.2, -0.15) is 0 Å². The average Bonchev–Trinajstić information content (AvgIpc) is 3.01. The molecule has 0 radical (unpaired) electrons. The van der Waals surface area contributed by atoms with Gasteiger partial charge in [0.25, 0.3) is 5.91 Å². The van der Waals surface area contributed by atoms with Crippen LogP contribution in [0.2, 0.25) is 0 Å². The van der Waals surface area contributed by atoms with E-state index < -0.39 is 11.0 Å². The maximum absolute atomic E-state index is 13.3. The van der Waals surface area contributed by atoms with Gasteiger partial charge in [0.1, 0.15) is 0 Å². The lowest BCUT2D eigenvalue weighted by molar-refractivity contribution is 0.0303. The zero-order chi connectivity index (χ0) is 27.7. The van der Waals surface area contributed by atoms with Crippen molar-refractivity contribution in [3.05, 3.63) is 108 Å². The summed E-state index contributed by atoms with van der Waals surface area (Å²) in [6, 6.07) is 25.2. The first-order valence-corrected chi connectivity index (χ1v) is 14.0. The number of pyridine rings is 1. The predicted molar refractivity (Wildman–Crippen MR) is 159 cm³/mol. The molecule has 41 heavy (non-hydrogen) atoms. The number of benzene rings is 3. The Morgan fingerprint density at radius 3 is 2.29 bits per heavy atom. The van der Waals surface area contributed by atoms with Crippen molar-refractivity contribution < 1.29 is 24.0 Å². The van der Waals surface area contributed by atoms with Crippen molar-refractivity contribution in [1.82, 2.24) is 15.2 Å². The van der Waals surface area contributed by atoms with Crippen molar-refractivity contribution in [1.29, 1.82) is 0 Å². The Balaban J connectivity index is 0.00000387. The molecule has 5 N–H and O–H groups in total. The number of carbonyl (C=O) groups is 2. The van der Waals surface area contributed by atoms with Gasteiger partial charge < -0.3 is 30.5 Å². The van der Waals surface area contributed by atoms with Crippen LogP contribution in [0.3, 0.4) is 0 Å². The van der Waals surface area contributed by atoms with Gasteiger partial charge in [-0.05, 0) is 65.2 Å². The Labute approximate surface area is 240 Å². The lowest BCUT2D eigenvalue weighted by atomic mass is 10.0. The van der Waals surface area contributed by atoms with Crippen molar-refractivity contribution in [3.8, 4) is 11.1 Å². The highest BCUT2D eigenvalue weighted by atomic mass is 32.2. The molecule has 3 amide bonds. The number of anilines is 2. The van der Waals surface area contributed by atoms with Crippen LogP contribution in [0.15, 0.2) is 102 Å². The van der Waals surface area contributed by atoms with Crippen LogP contribution in [-0.4, -0.2) is 57.8 Å². The van der Waals surface area contributed by atoms with Crippen LogP contribution in [0, 0.1) is 0 Å². The first-order valence-electron chi connectivity index (χ1n) is 12.9. The fourth-order valence-corrected chi connectivity index (χ4v) is 5.30. The molecule has 3 aromatic carbocycles. The van der Waals surface area contributed by atoms with E-state index in [2.05, 4.69) is 20.3 Å². The van der Waals surface area contributed by atoms with E-state index in [0.29, 0.717) is 54.7 Å². The van der Waals surface area contributed by atoms with Gasteiger partial charge in [0.2, 0.25) is 0 Å². The SMILES string of the molecule is O.O=C(NCc1cccnc1)Nc1ccc(NS(=O)c2ccccc2-c2ccc(C(=O)N3CCOCC3)cc2)cc1. The van der Waals surface area contributed by atoms with Crippen molar-refractivity contribution in [2.45, 2.75) is 11.4 Å². The third-order valence-corrected chi connectivity index (χ3v) is 7.53. The molecule has 0 spiro atoms. The van der Waals surface area contributed by atoms with Gasteiger partial charge in [0, 0.05) is 49.0 Å². The second-order valence-electron chi connectivity index (χ2n) is 9.10. The molecule has 1 saturated heterocycles. The van der Waals surface area contributed by atoms with Gasteiger partial charge in [0.05, 0.1) is 18.1 Å². The molecule has 5 rings (SSSR count). The summed E-state index contributed by atoms with van der Waals surface area (Å²) in [5.41, 5.74) is 4.43. The number of ether oxygens (including phenoxy) is 1. The Hall–Kier alpha value is -4.58. The van der Waals surface area contributed by atoms with Gasteiger partial charge in [-0.15, -0.1) is 0 Å². The molecule has 1 unspecified atom stereocenters. The van der Waals surface area contributed by atoms with Crippen LogP contribution in [0.5, 0.6) is 0 Å². The molecule has 1 atom stereocenters. The summed E-state index contributed by atoms with van der Waals surface area (Å²) in [6.45, 7) is 2.65. The highest BCUT2D eigenvalue weighted by Crippen LogP contribution is 2.28. The molecule has 10 nitrogen and oxygen atoms in total.